The number of piperazine rings is 1. The first-order valence-electron chi connectivity index (χ1n) is 6.90. The van der Waals surface area contributed by atoms with Gasteiger partial charge in [-0.2, -0.15) is 0 Å². The van der Waals surface area contributed by atoms with Crippen molar-refractivity contribution in [1.82, 2.24) is 19.8 Å². The Kier molecular flexibility index (Phi) is 5.29. The van der Waals surface area contributed by atoms with Crippen molar-refractivity contribution < 1.29 is 19.4 Å². The maximum absolute atomic E-state index is 12.3. The molecule has 2 rings (SSSR count). The van der Waals surface area contributed by atoms with Gasteiger partial charge in [0.15, 0.2) is 11.4 Å². The van der Waals surface area contributed by atoms with Crippen LogP contribution in [0.5, 0.6) is 0 Å². The molecule has 1 saturated heterocycles. The summed E-state index contributed by atoms with van der Waals surface area (Å²) in [6.45, 7) is 4.40. The highest BCUT2D eigenvalue weighted by Crippen LogP contribution is 2.10. The number of aromatic carboxylic acids is 1. The number of aromatic nitrogens is 2. The number of ether oxygens (including phenoxy) is 1. The zero-order chi connectivity index (χ0) is 15.2. The number of carboxylic acids is 1. The van der Waals surface area contributed by atoms with E-state index in [0.717, 1.165) is 32.7 Å². The monoisotopic (exact) mass is 296 g/mol. The number of hydrogen-bond donors (Lipinski definition) is 2. The first kappa shape index (κ1) is 15.5. The quantitative estimate of drug-likeness (QED) is 0.711. The summed E-state index contributed by atoms with van der Waals surface area (Å²) < 4.78 is 5.02. The summed E-state index contributed by atoms with van der Waals surface area (Å²) in [6.07, 6.45) is 2.20. The van der Waals surface area contributed by atoms with E-state index >= 15 is 0 Å². The Balaban J connectivity index is 1.88. The molecule has 1 amide bonds. The summed E-state index contributed by atoms with van der Waals surface area (Å²) in [5, 5.41) is 9.00. The van der Waals surface area contributed by atoms with Crippen LogP contribution in [-0.2, 0) is 4.74 Å². The van der Waals surface area contributed by atoms with Crippen LogP contribution < -0.4 is 0 Å². The lowest BCUT2D eigenvalue weighted by molar-refractivity contribution is 0.0600. The van der Waals surface area contributed by atoms with Gasteiger partial charge in [0.05, 0.1) is 6.33 Å². The molecule has 2 N–H and O–H groups in total. The number of hydrogen-bond acceptors (Lipinski definition) is 5. The highest BCUT2D eigenvalue weighted by molar-refractivity contribution is 6.02. The van der Waals surface area contributed by atoms with E-state index in [1.54, 1.807) is 12.0 Å². The molecule has 0 unspecified atom stereocenters. The molecular weight excluding hydrogens is 276 g/mol. The first-order valence-corrected chi connectivity index (χ1v) is 6.90. The van der Waals surface area contributed by atoms with E-state index in [1.165, 1.54) is 6.33 Å². The molecule has 0 spiro atoms. The summed E-state index contributed by atoms with van der Waals surface area (Å²) in [6, 6.07) is 0. The standard InChI is InChI=1S/C13H20N4O4/c1-21-8-2-3-16-4-6-17(7-5-16)12(18)10-11(13(19)20)15-9-14-10/h9H,2-8H2,1H3,(H,14,15)(H,19,20). The third-order valence-electron chi connectivity index (χ3n) is 3.54. The zero-order valence-corrected chi connectivity index (χ0v) is 12.0. The fraction of sp³-hybridized carbons (Fsp3) is 0.615. The smallest absolute Gasteiger partial charge is 0.354 e. The van der Waals surface area contributed by atoms with Crippen LogP contribution in [0.25, 0.3) is 0 Å². The van der Waals surface area contributed by atoms with E-state index in [-0.39, 0.29) is 17.3 Å². The van der Waals surface area contributed by atoms with Crippen molar-refractivity contribution in [2.75, 3.05) is 46.4 Å². The van der Waals surface area contributed by atoms with E-state index in [4.69, 9.17) is 9.84 Å². The average molecular weight is 296 g/mol. The van der Waals surface area contributed by atoms with Crippen LogP contribution >= 0.6 is 0 Å². The van der Waals surface area contributed by atoms with Gasteiger partial charge in [-0.15, -0.1) is 0 Å². The van der Waals surface area contributed by atoms with Crippen molar-refractivity contribution in [2.45, 2.75) is 6.42 Å². The number of methoxy groups -OCH3 is 1. The Morgan fingerprint density at radius 3 is 2.71 bits per heavy atom. The maximum Gasteiger partial charge on any atom is 0.354 e. The van der Waals surface area contributed by atoms with Crippen LogP contribution in [0, 0.1) is 0 Å². The molecule has 1 aromatic rings. The molecule has 1 aliphatic heterocycles. The summed E-state index contributed by atoms with van der Waals surface area (Å²) in [5.74, 6) is -1.50. The van der Waals surface area contributed by atoms with Gasteiger partial charge in [0.2, 0.25) is 0 Å². The lowest BCUT2D eigenvalue weighted by Gasteiger charge is -2.34. The molecule has 0 saturated carbocycles. The van der Waals surface area contributed by atoms with E-state index < -0.39 is 5.97 Å². The van der Waals surface area contributed by atoms with E-state index in [9.17, 15) is 9.59 Å². The van der Waals surface area contributed by atoms with Gasteiger partial charge < -0.3 is 19.7 Å². The van der Waals surface area contributed by atoms with Gasteiger partial charge >= 0.3 is 5.97 Å². The molecule has 8 heteroatoms. The Morgan fingerprint density at radius 2 is 2.10 bits per heavy atom. The molecule has 2 heterocycles. The molecule has 1 aliphatic rings. The van der Waals surface area contributed by atoms with Crippen molar-refractivity contribution in [1.29, 1.82) is 0 Å². The third kappa shape index (κ3) is 3.79. The predicted molar refractivity (Wildman–Crippen MR) is 74.4 cm³/mol. The zero-order valence-electron chi connectivity index (χ0n) is 12.0. The van der Waals surface area contributed by atoms with Crippen molar-refractivity contribution in [3.8, 4) is 0 Å². The lowest BCUT2D eigenvalue weighted by atomic mass is 10.2. The second-order valence-corrected chi connectivity index (χ2v) is 4.91. The van der Waals surface area contributed by atoms with Gasteiger partial charge in [-0.05, 0) is 6.42 Å². The summed E-state index contributed by atoms with van der Waals surface area (Å²) >= 11 is 0. The Morgan fingerprint density at radius 1 is 1.38 bits per heavy atom. The Bertz CT molecular complexity index is 494. The van der Waals surface area contributed by atoms with Crippen molar-refractivity contribution in [2.24, 2.45) is 0 Å². The lowest BCUT2D eigenvalue weighted by Crippen LogP contribution is -2.49. The van der Waals surface area contributed by atoms with Gasteiger partial charge in [-0.3, -0.25) is 9.69 Å². The normalized spacial score (nSPS) is 16.1. The number of carbonyl (C=O) groups is 2. The van der Waals surface area contributed by atoms with Gasteiger partial charge in [-0.25, -0.2) is 9.78 Å². The molecule has 0 aromatic carbocycles. The van der Waals surface area contributed by atoms with Crippen LogP contribution in [0.2, 0.25) is 0 Å². The van der Waals surface area contributed by atoms with Gasteiger partial charge in [0.1, 0.15) is 0 Å². The Hall–Kier alpha value is -1.93. The average Bonchev–Trinajstić information content (AvgIpc) is 2.97. The topological polar surface area (TPSA) is 98.8 Å². The van der Waals surface area contributed by atoms with Gasteiger partial charge in [-0.1, -0.05) is 0 Å². The molecule has 0 atom stereocenters. The van der Waals surface area contributed by atoms with E-state index in [0.29, 0.717) is 13.1 Å². The number of imidazole rings is 1. The van der Waals surface area contributed by atoms with Crippen molar-refractivity contribution >= 4 is 11.9 Å². The minimum Gasteiger partial charge on any atom is -0.477 e. The van der Waals surface area contributed by atoms with Crippen LogP contribution in [-0.4, -0.2) is 83.2 Å². The molecule has 21 heavy (non-hydrogen) atoms. The number of carbonyl (C=O) groups excluding carboxylic acids is 1. The molecule has 1 fully saturated rings. The molecule has 0 radical (unpaired) electrons. The van der Waals surface area contributed by atoms with Crippen LogP contribution in [0.15, 0.2) is 6.33 Å². The van der Waals surface area contributed by atoms with Crippen molar-refractivity contribution in [3.05, 3.63) is 17.7 Å². The number of rotatable bonds is 6. The molecule has 116 valence electrons. The van der Waals surface area contributed by atoms with Crippen LogP contribution in [0.4, 0.5) is 0 Å². The SMILES string of the molecule is COCCCN1CCN(C(=O)c2nc[nH]c2C(=O)O)CC1. The maximum atomic E-state index is 12.3. The molecule has 1 aromatic heterocycles. The molecular formula is C13H20N4O4. The van der Waals surface area contributed by atoms with Crippen molar-refractivity contribution in [3.63, 3.8) is 0 Å². The summed E-state index contributed by atoms with van der Waals surface area (Å²) in [7, 11) is 1.68. The third-order valence-corrected chi connectivity index (χ3v) is 3.54. The highest BCUT2D eigenvalue weighted by Gasteiger charge is 2.27. The van der Waals surface area contributed by atoms with E-state index in [2.05, 4.69) is 14.9 Å². The highest BCUT2D eigenvalue weighted by atomic mass is 16.5. The number of nitrogens with zero attached hydrogens (tertiary/aromatic N) is 3. The van der Waals surface area contributed by atoms with E-state index in [1.807, 2.05) is 0 Å². The number of aromatic amines is 1. The second-order valence-electron chi connectivity index (χ2n) is 4.91. The number of amides is 1. The molecule has 0 aliphatic carbocycles. The first-order chi connectivity index (χ1) is 10.1. The number of H-pyrrole nitrogens is 1. The number of nitrogens with one attached hydrogen (secondary N) is 1. The van der Waals surface area contributed by atoms with Gasteiger partial charge in [0.25, 0.3) is 5.91 Å². The minimum atomic E-state index is -1.17. The van der Waals surface area contributed by atoms with Crippen LogP contribution in [0.3, 0.4) is 0 Å². The van der Waals surface area contributed by atoms with Crippen LogP contribution in [0.1, 0.15) is 27.4 Å². The second kappa shape index (κ2) is 7.19. The Labute approximate surface area is 122 Å². The fourth-order valence-electron chi connectivity index (χ4n) is 2.38. The van der Waals surface area contributed by atoms with Gasteiger partial charge in [0, 0.05) is 46.4 Å². The molecule has 8 nitrogen and oxygen atoms in total. The number of carboxylic acid groups (broad SMARTS) is 1. The minimum absolute atomic E-state index is 0.0182. The summed E-state index contributed by atoms with van der Waals surface area (Å²) in [5.41, 5.74) is -0.169. The fourth-order valence-corrected chi connectivity index (χ4v) is 2.38. The summed E-state index contributed by atoms with van der Waals surface area (Å²) in [4.78, 5) is 33.5. The predicted octanol–water partition coefficient (Wildman–Crippen LogP) is -0.0978. The largest absolute Gasteiger partial charge is 0.477 e. The molecule has 0 bridgehead atoms.